The molecule has 1 fully saturated rings. The standard InChI is InChI=1S/C25H28N6O3S2/c32-36(33)31-12-8-21-17(16-31)15-22(35-21)23-20-7-9-26-24(20)29-25(28-23)27-18-3-5-19(6-4-18)34-14-13-30-10-1-2-11-30/h3-7,9,15H,1-2,8,10-14,16H2,(H,32,33)(H2,26,27,28,29). The highest BCUT2D eigenvalue weighted by Crippen LogP contribution is 2.37. The number of rotatable bonds is 8. The summed E-state index contributed by atoms with van der Waals surface area (Å²) in [6, 6.07) is 11.9. The number of likely N-dealkylation sites (tertiary alicyclic amines) is 1. The van der Waals surface area contributed by atoms with Gasteiger partial charge in [0, 0.05) is 41.8 Å². The van der Waals surface area contributed by atoms with Crippen molar-refractivity contribution in [2.45, 2.75) is 25.8 Å². The highest BCUT2D eigenvalue weighted by atomic mass is 32.2. The number of H-pyrrole nitrogens is 1. The third-order valence-electron chi connectivity index (χ3n) is 6.69. The first-order valence-electron chi connectivity index (χ1n) is 12.2. The second-order valence-corrected chi connectivity index (χ2v) is 11.2. The number of nitrogens with one attached hydrogen (secondary N) is 2. The molecule has 3 N–H and O–H groups in total. The Morgan fingerprint density at radius 1 is 1.14 bits per heavy atom. The van der Waals surface area contributed by atoms with Gasteiger partial charge in [0.25, 0.3) is 0 Å². The van der Waals surface area contributed by atoms with Crippen molar-refractivity contribution in [3.8, 4) is 16.3 Å². The average Bonchev–Trinajstić information content (AvgIpc) is 3.65. The first kappa shape index (κ1) is 23.6. The average molecular weight is 525 g/mol. The quantitative estimate of drug-likeness (QED) is 0.293. The molecule has 2 aliphatic rings. The Morgan fingerprint density at radius 3 is 2.78 bits per heavy atom. The first-order valence-corrected chi connectivity index (χ1v) is 14.1. The second kappa shape index (κ2) is 10.3. The number of fused-ring (bicyclic) bond motifs is 2. The van der Waals surface area contributed by atoms with E-state index in [0.717, 1.165) is 51.6 Å². The van der Waals surface area contributed by atoms with Gasteiger partial charge in [0.1, 0.15) is 18.0 Å². The van der Waals surface area contributed by atoms with Crippen molar-refractivity contribution in [2.24, 2.45) is 0 Å². The molecule has 36 heavy (non-hydrogen) atoms. The van der Waals surface area contributed by atoms with Gasteiger partial charge in [0.15, 0.2) is 0 Å². The maximum Gasteiger partial charge on any atom is 0.234 e. The van der Waals surface area contributed by atoms with Gasteiger partial charge in [-0.15, -0.1) is 11.3 Å². The molecule has 0 bridgehead atoms. The van der Waals surface area contributed by atoms with Crippen molar-refractivity contribution >= 4 is 45.3 Å². The number of nitrogens with zero attached hydrogens (tertiary/aromatic N) is 4. The van der Waals surface area contributed by atoms with Crippen LogP contribution in [0.2, 0.25) is 0 Å². The molecule has 0 saturated carbocycles. The lowest BCUT2D eigenvalue weighted by atomic mass is 10.1. The van der Waals surface area contributed by atoms with E-state index in [4.69, 9.17) is 9.72 Å². The highest BCUT2D eigenvalue weighted by Gasteiger charge is 2.24. The molecule has 0 aliphatic carbocycles. The normalized spacial score (nSPS) is 17.4. The summed E-state index contributed by atoms with van der Waals surface area (Å²) in [4.78, 5) is 17.4. The molecular formula is C25H28N6O3S2. The van der Waals surface area contributed by atoms with Gasteiger partial charge < -0.3 is 15.0 Å². The summed E-state index contributed by atoms with van der Waals surface area (Å²) < 4.78 is 28.5. The molecule has 6 rings (SSSR count). The zero-order chi connectivity index (χ0) is 24.5. The number of anilines is 2. The molecule has 9 nitrogen and oxygen atoms in total. The minimum Gasteiger partial charge on any atom is -0.492 e. The van der Waals surface area contributed by atoms with Gasteiger partial charge in [-0.2, -0.15) is 9.29 Å². The van der Waals surface area contributed by atoms with E-state index in [0.29, 0.717) is 25.6 Å². The van der Waals surface area contributed by atoms with Crippen LogP contribution in [0.1, 0.15) is 23.3 Å². The summed E-state index contributed by atoms with van der Waals surface area (Å²) in [5.41, 5.74) is 3.57. The van der Waals surface area contributed by atoms with Crippen LogP contribution < -0.4 is 10.1 Å². The van der Waals surface area contributed by atoms with Gasteiger partial charge in [-0.1, -0.05) is 0 Å². The summed E-state index contributed by atoms with van der Waals surface area (Å²) in [5.74, 6) is 1.36. The summed E-state index contributed by atoms with van der Waals surface area (Å²) in [6.07, 6.45) is 5.20. The van der Waals surface area contributed by atoms with Crippen molar-refractivity contribution in [3.05, 3.63) is 53.0 Å². The third-order valence-corrected chi connectivity index (χ3v) is 8.68. The first-order chi connectivity index (χ1) is 17.6. The molecule has 0 spiro atoms. The van der Waals surface area contributed by atoms with Gasteiger partial charge in [0.2, 0.25) is 17.2 Å². The lowest BCUT2D eigenvalue weighted by molar-refractivity contribution is 0.238. The predicted octanol–water partition coefficient (Wildman–Crippen LogP) is 4.40. The van der Waals surface area contributed by atoms with Gasteiger partial charge in [-0.3, -0.25) is 9.45 Å². The van der Waals surface area contributed by atoms with Gasteiger partial charge in [0.05, 0.1) is 10.6 Å². The largest absolute Gasteiger partial charge is 0.492 e. The SMILES string of the molecule is O=S(O)N1CCc2sc(-c3nc(Nc4ccc(OCCN5CCCC5)cc4)nc4[nH]ccc34)cc2C1. The van der Waals surface area contributed by atoms with Crippen molar-refractivity contribution in [1.29, 1.82) is 0 Å². The maximum atomic E-state index is 11.5. The van der Waals surface area contributed by atoms with Crippen molar-refractivity contribution in [3.63, 3.8) is 0 Å². The van der Waals surface area contributed by atoms with Crippen LogP contribution in [0, 0.1) is 0 Å². The molecule has 4 aromatic rings. The number of ether oxygens (including phenoxy) is 1. The fourth-order valence-corrected chi connectivity index (χ4v) is 6.47. The van der Waals surface area contributed by atoms with E-state index in [1.807, 2.05) is 36.5 Å². The number of aromatic amines is 1. The van der Waals surface area contributed by atoms with Crippen LogP contribution in [-0.2, 0) is 24.2 Å². The van der Waals surface area contributed by atoms with E-state index in [2.05, 4.69) is 26.3 Å². The molecule has 2 aliphatic heterocycles. The molecule has 188 valence electrons. The highest BCUT2D eigenvalue weighted by molar-refractivity contribution is 7.76. The number of benzene rings is 1. The topological polar surface area (TPSA) is 107 Å². The van der Waals surface area contributed by atoms with E-state index in [1.54, 1.807) is 15.6 Å². The second-order valence-electron chi connectivity index (χ2n) is 9.09. The Bertz CT molecular complexity index is 1380. The smallest absolute Gasteiger partial charge is 0.234 e. The third kappa shape index (κ3) is 5.02. The Labute approximate surface area is 215 Å². The number of hydrogen-bond acceptors (Lipinski definition) is 7. The summed E-state index contributed by atoms with van der Waals surface area (Å²) >= 11 is -0.260. The Kier molecular flexibility index (Phi) is 6.72. The summed E-state index contributed by atoms with van der Waals surface area (Å²) in [5, 5.41) is 4.27. The van der Waals surface area contributed by atoms with Crippen LogP contribution in [-0.4, -0.2) is 65.7 Å². The van der Waals surface area contributed by atoms with Crippen LogP contribution in [0.4, 0.5) is 11.6 Å². The van der Waals surface area contributed by atoms with Crippen LogP contribution in [0.15, 0.2) is 42.6 Å². The summed E-state index contributed by atoms with van der Waals surface area (Å²) in [7, 11) is 0. The van der Waals surface area contributed by atoms with Crippen LogP contribution >= 0.6 is 11.3 Å². The van der Waals surface area contributed by atoms with Gasteiger partial charge in [-0.05, 0) is 74.3 Å². The van der Waals surface area contributed by atoms with Crippen molar-refractivity contribution < 1.29 is 13.5 Å². The van der Waals surface area contributed by atoms with E-state index in [-0.39, 0.29) is 0 Å². The van der Waals surface area contributed by atoms with E-state index in [1.165, 1.54) is 30.8 Å². The monoisotopic (exact) mass is 524 g/mol. The van der Waals surface area contributed by atoms with Crippen LogP contribution in [0.25, 0.3) is 21.6 Å². The molecule has 0 radical (unpaired) electrons. The Balaban J connectivity index is 1.19. The number of thiophene rings is 1. The van der Waals surface area contributed by atoms with Crippen LogP contribution in [0.5, 0.6) is 5.75 Å². The fraction of sp³-hybridized carbons (Fsp3) is 0.360. The fourth-order valence-electron chi connectivity index (χ4n) is 4.80. The molecule has 1 unspecified atom stereocenters. The van der Waals surface area contributed by atoms with Crippen molar-refractivity contribution in [2.75, 3.05) is 38.1 Å². The van der Waals surface area contributed by atoms with Crippen LogP contribution in [0.3, 0.4) is 0 Å². The number of aromatic nitrogens is 3. The predicted molar refractivity (Wildman–Crippen MR) is 143 cm³/mol. The zero-order valence-electron chi connectivity index (χ0n) is 19.8. The molecular weight excluding hydrogens is 496 g/mol. The molecule has 5 heterocycles. The molecule has 1 atom stereocenters. The molecule has 0 amide bonds. The lowest BCUT2D eigenvalue weighted by Gasteiger charge is -2.22. The Hall–Kier alpha value is -2.83. The Morgan fingerprint density at radius 2 is 1.97 bits per heavy atom. The van der Waals surface area contributed by atoms with E-state index >= 15 is 0 Å². The van der Waals surface area contributed by atoms with E-state index in [9.17, 15) is 8.76 Å². The van der Waals surface area contributed by atoms with Gasteiger partial charge >= 0.3 is 0 Å². The van der Waals surface area contributed by atoms with Crippen molar-refractivity contribution in [1.82, 2.24) is 24.2 Å². The molecule has 1 aromatic carbocycles. The minimum absolute atomic E-state index is 0.466. The zero-order valence-corrected chi connectivity index (χ0v) is 21.4. The molecule has 3 aromatic heterocycles. The number of hydrogen-bond donors (Lipinski definition) is 3. The maximum absolute atomic E-state index is 11.5. The molecule has 11 heteroatoms. The summed E-state index contributed by atoms with van der Waals surface area (Å²) in [6.45, 7) is 5.05. The lowest BCUT2D eigenvalue weighted by Crippen LogP contribution is -2.30. The molecule has 1 saturated heterocycles. The van der Waals surface area contributed by atoms with E-state index < -0.39 is 11.3 Å². The van der Waals surface area contributed by atoms with Gasteiger partial charge in [-0.25, -0.2) is 9.19 Å². The minimum atomic E-state index is -1.96.